The summed E-state index contributed by atoms with van der Waals surface area (Å²) >= 11 is 0. The van der Waals surface area contributed by atoms with E-state index in [1.807, 2.05) is 32.0 Å². The number of benzene rings is 1. The molecule has 0 fully saturated rings. The van der Waals surface area contributed by atoms with Gasteiger partial charge >= 0.3 is 0 Å². The average Bonchev–Trinajstić information content (AvgIpc) is 2.38. The number of hydrogen-bond acceptors (Lipinski definition) is 4. The number of methoxy groups -OCH3 is 1. The molecule has 0 radical (unpaired) electrons. The van der Waals surface area contributed by atoms with Crippen LogP contribution in [0.4, 0.5) is 0 Å². The highest BCUT2D eigenvalue weighted by Gasteiger charge is 2.05. The molecule has 1 aromatic carbocycles. The van der Waals surface area contributed by atoms with Gasteiger partial charge in [-0.3, -0.25) is 0 Å². The Bertz CT molecular complexity index is 342. The second-order valence-corrected chi connectivity index (χ2v) is 3.82. The third kappa shape index (κ3) is 4.94. The van der Waals surface area contributed by atoms with Crippen LogP contribution in [0.5, 0.6) is 11.5 Å². The lowest BCUT2D eigenvalue weighted by molar-refractivity contribution is 0.199. The zero-order valence-electron chi connectivity index (χ0n) is 11.5. The van der Waals surface area contributed by atoms with Crippen LogP contribution in [0.1, 0.15) is 19.4 Å². The van der Waals surface area contributed by atoms with Gasteiger partial charge in [-0.2, -0.15) is 0 Å². The van der Waals surface area contributed by atoms with Crippen molar-refractivity contribution in [1.29, 1.82) is 0 Å². The minimum Gasteiger partial charge on any atom is -0.490 e. The lowest BCUT2D eigenvalue weighted by Crippen LogP contribution is -2.18. The summed E-state index contributed by atoms with van der Waals surface area (Å²) < 4.78 is 16.1. The van der Waals surface area contributed by atoms with Crippen LogP contribution in [-0.2, 0) is 11.3 Å². The Morgan fingerprint density at radius 2 is 1.78 bits per heavy atom. The van der Waals surface area contributed by atoms with Crippen molar-refractivity contribution < 1.29 is 14.2 Å². The molecule has 0 aliphatic rings. The molecule has 0 saturated heterocycles. The molecule has 0 atom stereocenters. The van der Waals surface area contributed by atoms with E-state index in [0.29, 0.717) is 13.2 Å². The van der Waals surface area contributed by atoms with E-state index in [0.717, 1.165) is 31.2 Å². The van der Waals surface area contributed by atoms with Crippen molar-refractivity contribution in [3.8, 4) is 11.5 Å². The molecule has 0 aromatic heterocycles. The summed E-state index contributed by atoms with van der Waals surface area (Å²) in [7, 11) is 1.70. The molecule has 1 rings (SSSR count). The van der Waals surface area contributed by atoms with E-state index >= 15 is 0 Å². The monoisotopic (exact) mass is 253 g/mol. The summed E-state index contributed by atoms with van der Waals surface area (Å²) in [5.41, 5.74) is 1.18. The van der Waals surface area contributed by atoms with Crippen molar-refractivity contribution in [3.05, 3.63) is 23.8 Å². The molecule has 18 heavy (non-hydrogen) atoms. The first-order valence-electron chi connectivity index (χ1n) is 6.40. The predicted octanol–water partition coefficient (Wildman–Crippen LogP) is 2.22. The van der Waals surface area contributed by atoms with Crippen LogP contribution >= 0.6 is 0 Å². The molecule has 1 N–H and O–H groups in total. The fourth-order valence-electron chi connectivity index (χ4n) is 1.61. The van der Waals surface area contributed by atoms with Gasteiger partial charge in [0.25, 0.3) is 0 Å². The first-order chi connectivity index (χ1) is 8.81. The van der Waals surface area contributed by atoms with E-state index in [1.165, 1.54) is 5.56 Å². The van der Waals surface area contributed by atoms with Gasteiger partial charge in [0, 0.05) is 20.2 Å². The first-order valence-corrected chi connectivity index (χ1v) is 6.40. The molecular weight excluding hydrogens is 230 g/mol. The van der Waals surface area contributed by atoms with Crippen molar-refractivity contribution in [3.63, 3.8) is 0 Å². The zero-order chi connectivity index (χ0) is 13.2. The van der Waals surface area contributed by atoms with Crippen molar-refractivity contribution in [2.75, 3.05) is 33.5 Å². The fourth-order valence-corrected chi connectivity index (χ4v) is 1.61. The van der Waals surface area contributed by atoms with Crippen LogP contribution in [0.3, 0.4) is 0 Å². The number of rotatable bonds is 9. The largest absolute Gasteiger partial charge is 0.490 e. The minimum atomic E-state index is 0.640. The van der Waals surface area contributed by atoms with E-state index < -0.39 is 0 Å². The highest BCUT2D eigenvalue weighted by atomic mass is 16.5. The maximum atomic E-state index is 5.58. The molecule has 0 spiro atoms. The Morgan fingerprint density at radius 3 is 2.44 bits per heavy atom. The van der Waals surface area contributed by atoms with Crippen molar-refractivity contribution in [1.82, 2.24) is 5.32 Å². The third-order valence-electron chi connectivity index (χ3n) is 2.42. The Hall–Kier alpha value is -1.26. The lowest BCUT2D eigenvalue weighted by atomic mass is 10.2. The second-order valence-electron chi connectivity index (χ2n) is 3.82. The van der Waals surface area contributed by atoms with Crippen molar-refractivity contribution in [2.45, 2.75) is 20.4 Å². The first kappa shape index (κ1) is 14.8. The van der Waals surface area contributed by atoms with E-state index in [9.17, 15) is 0 Å². The lowest BCUT2D eigenvalue weighted by Gasteiger charge is -2.12. The molecule has 102 valence electrons. The minimum absolute atomic E-state index is 0.640. The molecule has 4 heteroatoms. The summed E-state index contributed by atoms with van der Waals surface area (Å²) in [5.74, 6) is 1.62. The summed E-state index contributed by atoms with van der Waals surface area (Å²) in [6, 6.07) is 6.03. The van der Waals surface area contributed by atoms with Crippen molar-refractivity contribution in [2.24, 2.45) is 0 Å². The maximum Gasteiger partial charge on any atom is 0.161 e. The normalized spacial score (nSPS) is 10.4. The molecule has 0 unspecified atom stereocenters. The van der Waals surface area contributed by atoms with Crippen LogP contribution in [0.25, 0.3) is 0 Å². The van der Waals surface area contributed by atoms with E-state index in [2.05, 4.69) is 5.32 Å². The molecule has 0 saturated carbocycles. The maximum absolute atomic E-state index is 5.58. The van der Waals surface area contributed by atoms with Crippen LogP contribution in [0.15, 0.2) is 18.2 Å². The quantitative estimate of drug-likeness (QED) is 0.685. The van der Waals surface area contributed by atoms with Gasteiger partial charge in [-0.15, -0.1) is 0 Å². The molecule has 0 bridgehead atoms. The molecule has 1 aromatic rings. The molecule has 0 aliphatic heterocycles. The van der Waals surface area contributed by atoms with Crippen LogP contribution in [-0.4, -0.2) is 33.5 Å². The number of ether oxygens (including phenoxy) is 3. The predicted molar refractivity (Wildman–Crippen MR) is 72.4 cm³/mol. The summed E-state index contributed by atoms with van der Waals surface area (Å²) in [4.78, 5) is 0. The van der Waals surface area contributed by atoms with Gasteiger partial charge in [-0.25, -0.2) is 0 Å². The summed E-state index contributed by atoms with van der Waals surface area (Å²) in [6.07, 6.45) is 0. The van der Waals surface area contributed by atoms with Crippen molar-refractivity contribution >= 4 is 0 Å². The smallest absolute Gasteiger partial charge is 0.161 e. The zero-order valence-corrected chi connectivity index (χ0v) is 11.5. The SMILES string of the molecule is CCOc1ccc(CNCCOC)cc1OCC. The van der Waals surface area contributed by atoms with Gasteiger partial charge in [0.2, 0.25) is 0 Å². The molecule has 0 heterocycles. The highest BCUT2D eigenvalue weighted by molar-refractivity contribution is 5.43. The Balaban J connectivity index is 2.61. The number of nitrogens with one attached hydrogen (secondary N) is 1. The standard InChI is InChI=1S/C14H23NO3/c1-4-17-13-7-6-12(10-14(13)18-5-2)11-15-8-9-16-3/h6-7,10,15H,4-5,8-9,11H2,1-3H3. The Kier molecular flexibility index (Phi) is 7.22. The summed E-state index contributed by atoms with van der Waals surface area (Å²) in [5, 5.41) is 3.30. The topological polar surface area (TPSA) is 39.7 Å². The average molecular weight is 253 g/mol. The van der Waals surface area contributed by atoms with E-state index in [4.69, 9.17) is 14.2 Å². The Labute approximate surface area is 109 Å². The summed E-state index contributed by atoms with van der Waals surface area (Å²) in [6.45, 7) is 7.58. The molecule has 0 amide bonds. The van der Waals surface area contributed by atoms with Gasteiger partial charge in [-0.1, -0.05) is 6.07 Å². The van der Waals surface area contributed by atoms with Gasteiger partial charge in [0.15, 0.2) is 11.5 Å². The number of hydrogen-bond donors (Lipinski definition) is 1. The third-order valence-corrected chi connectivity index (χ3v) is 2.42. The van der Waals surface area contributed by atoms with Gasteiger partial charge in [0.05, 0.1) is 19.8 Å². The second kappa shape index (κ2) is 8.78. The molecular formula is C14H23NO3. The van der Waals surface area contributed by atoms with Gasteiger partial charge in [0.1, 0.15) is 0 Å². The fraction of sp³-hybridized carbons (Fsp3) is 0.571. The van der Waals surface area contributed by atoms with Crippen LogP contribution in [0.2, 0.25) is 0 Å². The molecule has 0 aliphatic carbocycles. The van der Waals surface area contributed by atoms with Crippen LogP contribution < -0.4 is 14.8 Å². The Morgan fingerprint density at radius 1 is 1.06 bits per heavy atom. The highest BCUT2D eigenvalue weighted by Crippen LogP contribution is 2.28. The van der Waals surface area contributed by atoms with E-state index in [1.54, 1.807) is 7.11 Å². The molecule has 4 nitrogen and oxygen atoms in total. The van der Waals surface area contributed by atoms with Crippen LogP contribution in [0, 0.1) is 0 Å². The van der Waals surface area contributed by atoms with E-state index in [-0.39, 0.29) is 0 Å². The van der Waals surface area contributed by atoms with Gasteiger partial charge in [-0.05, 0) is 31.5 Å². The van der Waals surface area contributed by atoms with Gasteiger partial charge < -0.3 is 19.5 Å².